The first kappa shape index (κ1) is 13.1. The molecule has 0 aliphatic carbocycles. The van der Waals surface area contributed by atoms with Crippen LogP contribution in [0, 0.1) is 0 Å². The smallest absolute Gasteiger partial charge is 0.106 e. The summed E-state index contributed by atoms with van der Waals surface area (Å²) in [6.07, 6.45) is 3.25. The maximum Gasteiger partial charge on any atom is 0.106 e. The van der Waals surface area contributed by atoms with Crippen molar-refractivity contribution in [1.82, 2.24) is 4.98 Å². The van der Waals surface area contributed by atoms with Gasteiger partial charge in [0.05, 0.1) is 22.6 Å². The highest BCUT2D eigenvalue weighted by Crippen LogP contribution is 2.29. The van der Waals surface area contributed by atoms with Crippen molar-refractivity contribution in [1.29, 1.82) is 0 Å². The predicted octanol–water partition coefficient (Wildman–Crippen LogP) is 3.77. The van der Waals surface area contributed by atoms with E-state index in [4.69, 9.17) is 41.2 Å². The van der Waals surface area contributed by atoms with E-state index < -0.39 is 0 Å². The fourth-order valence-corrected chi connectivity index (χ4v) is 1.96. The van der Waals surface area contributed by atoms with Gasteiger partial charge in [0.1, 0.15) is 4.99 Å². The summed E-state index contributed by atoms with van der Waals surface area (Å²) in [7, 11) is 0. The molecule has 1 heterocycles. The van der Waals surface area contributed by atoms with Crippen LogP contribution in [0.15, 0.2) is 36.7 Å². The van der Waals surface area contributed by atoms with E-state index in [0.29, 0.717) is 27.0 Å². The summed E-state index contributed by atoms with van der Waals surface area (Å²) in [4.78, 5) is 4.31. The summed E-state index contributed by atoms with van der Waals surface area (Å²) in [6.45, 7) is 0. The van der Waals surface area contributed by atoms with Crippen LogP contribution in [-0.4, -0.2) is 9.97 Å². The second-order valence-electron chi connectivity index (χ2n) is 3.53. The Bertz CT molecular complexity index is 602. The second kappa shape index (κ2) is 5.52. The highest BCUT2D eigenvalue weighted by Gasteiger charge is 2.07. The van der Waals surface area contributed by atoms with Crippen molar-refractivity contribution in [3.05, 3.63) is 52.3 Å². The van der Waals surface area contributed by atoms with E-state index in [1.807, 2.05) is 0 Å². The van der Waals surface area contributed by atoms with E-state index in [-0.39, 0.29) is 4.99 Å². The fraction of sp³-hybridized carbons (Fsp3) is 0. The molecule has 0 spiro atoms. The molecule has 0 aliphatic rings. The molecule has 1 aromatic carbocycles. The fourth-order valence-electron chi connectivity index (χ4n) is 1.45. The Morgan fingerprint density at radius 2 is 2.00 bits per heavy atom. The average Bonchev–Trinajstić information content (AvgIpc) is 2.34. The van der Waals surface area contributed by atoms with Crippen molar-refractivity contribution < 1.29 is 0 Å². The number of thiocarbonyl (C=S) groups is 1. The first-order chi connectivity index (χ1) is 8.58. The molecule has 1 aromatic heterocycles. The van der Waals surface area contributed by atoms with Gasteiger partial charge in [-0.3, -0.25) is 4.98 Å². The van der Waals surface area contributed by atoms with Gasteiger partial charge >= 0.3 is 0 Å². The third kappa shape index (κ3) is 2.90. The van der Waals surface area contributed by atoms with Gasteiger partial charge < -0.3 is 11.1 Å². The largest absolute Gasteiger partial charge is 0.389 e. The monoisotopic (exact) mass is 297 g/mol. The van der Waals surface area contributed by atoms with Crippen molar-refractivity contribution in [2.24, 2.45) is 5.73 Å². The van der Waals surface area contributed by atoms with Crippen LogP contribution in [0.25, 0.3) is 0 Å². The van der Waals surface area contributed by atoms with Crippen molar-refractivity contribution in [3.8, 4) is 0 Å². The number of aromatic nitrogens is 1. The molecule has 3 nitrogen and oxygen atoms in total. The summed E-state index contributed by atoms with van der Waals surface area (Å²) < 4.78 is 0. The minimum absolute atomic E-state index is 0.290. The second-order valence-corrected chi connectivity index (χ2v) is 4.82. The molecule has 0 aliphatic heterocycles. The Balaban J connectivity index is 2.40. The molecule has 92 valence electrons. The van der Waals surface area contributed by atoms with Crippen LogP contribution in [0.4, 0.5) is 11.4 Å². The SMILES string of the molecule is NC(=S)c1ccncc1Nc1cc(Cl)ccc1Cl. The molecule has 0 atom stereocenters. The van der Waals surface area contributed by atoms with E-state index in [0.717, 1.165) is 0 Å². The molecule has 0 radical (unpaired) electrons. The zero-order valence-electron chi connectivity index (χ0n) is 9.15. The van der Waals surface area contributed by atoms with Crippen LogP contribution >= 0.6 is 35.4 Å². The maximum absolute atomic E-state index is 6.07. The molecule has 0 amide bonds. The van der Waals surface area contributed by atoms with E-state index in [2.05, 4.69) is 10.3 Å². The highest BCUT2D eigenvalue weighted by molar-refractivity contribution is 7.80. The van der Waals surface area contributed by atoms with E-state index in [1.165, 1.54) is 0 Å². The van der Waals surface area contributed by atoms with Crippen LogP contribution in [0.2, 0.25) is 10.0 Å². The molecule has 0 saturated heterocycles. The number of nitrogens with two attached hydrogens (primary N) is 1. The molecule has 3 N–H and O–H groups in total. The Labute approximate surface area is 120 Å². The Morgan fingerprint density at radius 1 is 1.22 bits per heavy atom. The van der Waals surface area contributed by atoms with Crippen LogP contribution in [0.3, 0.4) is 0 Å². The van der Waals surface area contributed by atoms with E-state index in [1.54, 1.807) is 36.7 Å². The number of halogens is 2. The molecule has 0 saturated carbocycles. The number of hydrogen-bond acceptors (Lipinski definition) is 3. The summed E-state index contributed by atoms with van der Waals surface area (Å²) in [5.41, 5.74) is 7.71. The number of pyridine rings is 1. The van der Waals surface area contributed by atoms with Crippen molar-refractivity contribution >= 4 is 51.8 Å². The first-order valence-corrected chi connectivity index (χ1v) is 6.20. The first-order valence-electron chi connectivity index (χ1n) is 5.04. The van der Waals surface area contributed by atoms with Crippen LogP contribution in [0.5, 0.6) is 0 Å². The summed E-state index contributed by atoms with van der Waals surface area (Å²) in [6, 6.07) is 6.89. The lowest BCUT2D eigenvalue weighted by Gasteiger charge is -2.12. The number of benzene rings is 1. The summed E-state index contributed by atoms with van der Waals surface area (Å²) in [5.74, 6) is 0. The van der Waals surface area contributed by atoms with Gasteiger partial charge in [0.2, 0.25) is 0 Å². The van der Waals surface area contributed by atoms with Crippen LogP contribution < -0.4 is 11.1 Å². The molecule has 6 heteroatoms. The molecule has 18 heavy (non-hydrogen) atoms. The third-order valence-electron chi connectivity index (χ3n) is 2.28. The molecule has 0 unspecified atom stereocenters. The van der Waals surface area contributed by atoms with E-state index >= 15 is 0 Å². The third-order valence-corrected chi connectivity index (χ3v) is 3.07. The molecule has 0 fully saturated rings. The number of nitrogens with zero attached hydrogens (tertiary/aromatic N) is 1. The highest BCUT2D eigenvalue weighted by atomic mass is 35.5. The zero-order valence-corrected chi connectivity index (χ0v) is 11.5. The predicted molar refractivity (Wildman–Crippen MR) is 79.9 cm³/mol. The molecule has 0 bridgehead atoms. The van der Waals surface area contributed by atoms with E-state index in [9.17, 15) is 0 Å². The molecule has 2 aromatic rings. The number of hydrogen-bond donors (Lipinski definition) is 2. The minimum Gasteiger partial charge on any atom is -0.389 e. The summed E-state index contributed by atoms with van der Waals surface area (Å²) >= 11 is 17.0. The van der Waals surface area contributed by atoms with Gasteiger partial charge in [0.25, 0.3) is 0 Å². The number of rotatable bonds is 3. The van der Waals surface area contributed by atoms with Crippen molar-refractivity contribution in [3.63, 3.8) is 0 Å². The lowest BCUT2D eigenvalue weighted by Crippen LogP contribution is -2.12. The van der Waals surface area contributed by atoms with Gasteiger partial charge in [-0.1, -0.05) is 35.4 Å². The molecular formula is C12H9Cl2N3S. The number of nitrogens with one attached hydrogen (secondary N) is 1. The van der Waals surface area contributed by atoms with Crippen molar-refractivity contribution in [2.75, 3.05) is 5.32 Å². The topological polar surface area (TPSA) is 50.9 Å². The standard InChI is InChI=1S/C12H9Cl2N3S/c13-7-1-2-9(14)10(5-7)17-11-6-16-4-3-8(11)12(15)18/h1-6,17H,(H2,15,18). The molecule has 2 rings (SSSR count). The summed E-state index contributed by atoms with van der Waals surface area (Å²) in [5, 5.41) is 4.26. The number of anilines is 2. The normalized spacial score (nSPS) is 10.1. The van der Waals surface area contributed by atoms with Gasteiger partial charge in [0.15, 0.2) is 0 Å². The van der Waals surface area contributed by atoms with Crippen LogP contribution in [0.1, 0.15) is 5.56 Å². The lowest BCUT2D eigenvalue weighted by molar-refractivity contribution is 1.31. The average molecular weight is 298 g/mol. The lowest BCUT2D eigenvalue weighted by atomic mass is 10.2. The van der Waals surface area contributed by atoms with Gasteiger partial charge in [-0.25, -0.2) is 0 Å². The Hall–Kier alpha value is -1.36. The van der Waals surface area contributed by atoms with Gasteiger partial charge in [0, 0.05) is 16.8 Å². The van der Waals surface area contributed by atoms with Gasteiger partial charge in [-0.05, 0) is 24.3 Å². The van der Waals surface area contributed by atoms with Gasteiger partial charge in [-0.15, -0.1) is 0 Å². The molecular weight excluding hydrogens is 289 g/mol. The van der Waals surface area contributed by atoms with Gasteiger partial charge in [-0.2, -0.15) is 0 Å². The zero-order chi connectivity index (χ0) is 13.1. The maximum atomic E-state index is 6.07. The Morgan fingerprint density at radius 3 is 2.72 bits per heavy atom. The minimum atomic E-state index is 0.290. The van der Waals surface area contributed by atoms with Crippen molar-refractivity contribution in [2.45, 2.75) is 0 Å². The Kier molecular flexibility index (Phi) is 4.01. The quantitative estimate of drug-likeness (QED) is 0.847. The van der Waals surface area contributed by atoms with Crippen LogP contribution in [-0.2, 0) is 0 Å².